The summed E-state index contributed by atoms with van der Waals surface area (Å²) in [4.78, 5) is 24.2. The molecule has 2 amide bonds. The number of amides is 2. The molecule has 0 atom stereocenters. The summed E-state index contributed by atoms with van der Waals surface area (Å²) < 4.78 is 0. The van der Waals surface area contributed by atoms with Crippen LogP contribution in [0.2, 0.25) is 0 Å². The van der Waals surface area contributed by atoms with Crippen molar-refractivity contribution in [3.63, 3.8) is 0 Å². The summed E-state index contributed by atoms with van der Waals surface area (Å²) in [5, 5.41) is 0. The highest BCUT2D eigenvalue weighted by Crippen LogP contribution is 2.29. The Morgan fingerprint density at radius 1 is 1.27 bits per heavy atom. The number of hydrogen-bond donors (Lipinski definition) is 2. The fourth-order valence-electron chi connectivity index (χ4n) is 1.83. The second-order valence-electron chi connectivity index (χ2n) is 4.78. The highest BCUT2D eigenvalue weighted by Gasteiger charge is 2.27. The van der Waals surface area contributed by atoms with Gasteiger partial charge in [-0.2, -0.15) is 0 Å². The van der Waals surface area contributed by atoms with Crippen LogP contribution in [0.3, 0.4) is 0 Å². The molecule has 1 saturated heterocycles. The zero-order valence-corrected chi connectivity index (χ0v) is 9.38. The molecule has 1 aliphatic rings. The van der Waals surface area contributed by atoms with E-state index in [-0.39, 0.29) is 5.41 Å². The molecule has 0 aliphatic carbocycles. The van der Waals surface area contributed by atoms with Gasteiger partial charge in [-0.15, -0.1) is 0 Å². The van der Waals surface area contributed by atoms with Gasteiger partial charge in [0.25, 0.3) is 0 Å². The van der Waals surface area contributed by atoms with E-state index in [1.807, 2.05) is 5.43 Å². The first-order valence-electron chi connectivity index (χ1n) is 5.26. The summed E-state index contributed by atoms with van der Waals surface area (Å²) in [6, 6.07) is 0. The maximum absolute atomic E-state index is 11.5. The van der Waals surface area contributed by atoms with Gasteiger partial charge in [-0.3, -0.25) is 15.0 Å². The molecule has 0 saturated carbocycles. The number of carbonyl (C=O) groups is 2. The second kappa shape index (κ2) is 4.61. The first-order valence-corrected chi connectivity index (χ1v) is 5.26. The number of hydrazine groups is 1. The maximum atomic E-state index is 11.5. The molecule has 0 bridgehead atoms. The first-order chi connectivity index (χ1) is 6.96. The molecule has 5 heteroatoms. The van der Waals surface area contributed by atoms with E-state index in [1.165, 1.54) is 0 Å². The monoisotopic (exact) mass is 213 g/mol. The summed E-state index contributed by atoms with van der Waals surface area (Å²) in [5.74, 6) is 3.68. The van der Waals surface area contributed by atoms with Crippen molar-refractivity contribution in [1.82, 2.24) is 10.3 Å². The molecule has 0 aromatic heterocycles. The smallest absolute Gasteiger partial charge is 0.323 e. The minimum Gasteiger partial charge on any atom is -0.334 e. The predicted molar refractivity (Wildman–Crippen MR) is 56.5 cm³/mol. The lowest BCUT2D eigenvalue weighted by Crippen LogP contribution is -2.46. The summed E-state index contributed by atoms with van der Waals surface area (Å²) in [5.41, 5.74) is 2.13. The SMILES string of the molecule is CC1(C)CCCN(C(=O)C(=O)NN)CC1. The summed E-state index contributed by atoms with van der Waals surface area (Å²) in [6.07, 6.45) is 2.95. The van der Waals surface area contributed by atoms with Gasteiger partial charge in [0.1, 0.15) is 0 Å². The molecule has 0 spiro atoms. The lowest BCUT2D eigenvalue weighted by molar-refractivity contribution is -0.145. The van der Waals surface area contributed by atoms with E-state index in [1.54, 1.807) is 4.90 Å². The van der Waals surface area contributed by atoms with Crippen LogP contribution >= 0.6 is 0 Å². The molecule has 3 N–H and O–H groups in total. The summed E-state index contributed by atoms with van der Waals surface area (Å²) in [6.45, 7) is 5.66. The van der Waals surface area contributed by atoms with Crippen LogP contribution in [0.1, 0.15) is 33.1 Å². The Morgan fingerprint density at radius 2 is 1.93 bits per heavy atom. The van der Waals surface area contributed by atoms with Crippen molar-refractivity contribution < 1.29 is 9.59 Å². The molecule has 0 unspecified atom stereocenters. The maximum Gasteiger partial charge on any atom is 0.323 e. The van der Waals surface area contributed by atoms with E-state index in [9.17, 15) is 9.59 Å². The molecule has 1 fully saturated rings. The van der Waals surface area contributed by atoms with Crippen LogP contribution in [0.25, 0.3) is 0 Å². The molecule has 1 heterocycles. The molecule has 5 nitrogen and oxygen atoms in total. The number of nitrogens with zero attached hydrogens (tertiary/aromatic N) is 1. The van der Waals surface area contributed by atoms with Crippen LogP contribution in [0.5, 0.6) is 0 Å². The number of carbonyl (C=O) groups excluding carboxylic acids is 2. The van der Waals surface area contributed by atoms with Crippen molar-refractivity contribution in [2.75, 3.05) is 13.1 Å². The van der Waals surface area contributed by atoms with Crippen molar-refractivity contribution >= 4 is 11.8 Å². The van der Waals surface area contributed by atoms with Crippen LogP contribution in [0.15, 0.2) is 0 Å². The van der Waals surface area contributed by atoms with Crippen molar-refractivity contribution in [2.45, 2.75) is 33.1 Å². The minimum absolute atomic E-state index is 0.258. The summed E-state index contributed by atoms with van der Waals surface area (Å²) >= 11 is 0. The molecule has 1 rings (SSSR count). The van der Waals surface area contributed by atoms with E-state index < -0.39 is 11.8 Å². The number of hydrogen-bond acceptors (Lipinski definition) is 3. The van der Waals surface area contributed by atoms with Gasteiger partial charge in [0.05, 0.1) is 0 Å². The lowest BCUT2D eigenvalue weighted by Gasteiger charge is -2.22. The quantitative estimate of drug-likeness (QED) is 0.258. The third kappa shape index (κ3) is 3.20. The third-order valence-corrected chi connectivity index (χ3v) is 2.95. The standard InChI is InChI=1S/C10H19N3O2/c1-10(2)4-3-6-13(7-5-10)9(15)8(14)12-11/h3-7,11H2,1-2H3,(H,12,14). The molecule has 86 valence electrons. The Morgan fingerprint density at radius 3 is 2.53 bits per heavy atom. The zero-order valence-electron chi connectivity index (χ0n) is 9.38. The van der Waals surface area contributed by atoms with Crippen LogP contribution in [-0.2, 0) is 9.59 Å². The van der Waals surface area contributed by atoms with E-state index in [2.05, 4.69) is 13.8 Å². The average Bonchev–Trinajstić information content (AvgIpc) is 2.37. The average molecular weight is 213 g/mol. The zero-order chi connectivity index (χ0) is 11.5. The van der Waals surface area contributed by atoms with E-state index in [0.717, 1.165) is 19.3 Å². The van der Waals surface area contributed by atoms with E-state index >= 15 is 0 Å². The largest absolute Gasteiger partial charge is 0.334 e. The predicted octanol–water partition coefficient (Wildman–Crippen LogP) is 0.0150. The number of rotatable bonds is 0. The Labute approximate surface area is 90.0 Å². The molecule has 15 heavy (non-hydrogen) atoms. The Balaban J connectivity index is 2.58. The molecule has 0 radical (unpaired) electrons. The number of likely N-dealkylation sites (tertiary alicyclic amines) is 1. The normalized spacial score (nSPS) is 20.6. The van der Waals surface area contributed by atoms with Crippen molar-refractivity contribution in [3.05, 3.63) is 0 Å². The fourth-order valence-corrected chi connectivity index (χ4v) is 1.83. The summed E-state index contributed by atoms with van der Waals surface area (Å²) in [7, 11) is 0. The van der Waals surface area contributed by atoms with Gasteiger partial charge in [-0.05, 0) is 24.7 Å². The van der Waals surface area contributed by atoms with Gasteiger partial charge in [-0.1, -0.05) is 13.8 Å². The second-order valence-corrected chi connectivity index (χ2v) is 4.78. The topological polar surface area (TPSA) is 75.4 Å². The van der Waals surface area contributed by atoms with Crippen LogP contribution in [0, 0.1) is 5.41 Å². The van der Waals surface area contributed by atoms with Crippen molar-refractivity contribution in [1.29, 1.82) is 0 Å². The van der Waals surface area contributed by atoms with Crippen LogP contribution < -0.4 is 11.3 Å². The van der Waals surface area contributed by atoms with Crippen molar-refractivity contribution in [3.8, 4) is 0 Å². The van der Waals surface area contributed by atoms with Gasteiger partial charge in [0.15, 0.2) is 0 Å². The number of nitrogens with one attached hydrogen (secondary N) is 1. The Bertz CT molecular complexity index is 263. The first kappa shape index (κ1) is 12.0. The third-order valence-electron chi connectivity index (χ3n) is 2.95. The molecule has 0 aromatic carbocycles. The van der Waals surface area contributed by atoms with E-state index in [0.29, 0.717) is 13.1 Å². The minimum atomic E-state index is -0.727. The van der Waals surface area contributed by atoms with Crippen LogP contribution in [0.4, 0.5) is 0 Å². The van der Waals surface area contributed by atoms with Crippen molar-refractivity contribution in [2.24, 2.45) is 11.3 Å². The molecular weight excluding hydrogens is 194 g/mol. The van der Waals surface area contributed by atoms with Gasteiger partial charge in [0.2, 0.25) is 0 Å². The van der Waals surface area contributed by atoms with E-state index in [4.69, 9.17) is 5.84 Å². The molecule has 1 aliphatic heterocycles. The Hall–Kier alpha value is -1.10. The van der Waals surface area contributed by atoms with Gasteiger partial charge in [-0.25, -0.2) is 5.84 Å². The van der Waals surface area contributed by atoms with Gasteiger partial charge in [0, 0.05) is 13.1 Å². The van der Waals surface area contributed by atoms with Crippen LogP contribution in [-0.4, -0.2) is 29.8 Å². The molecule has 0 aromatic rings. The highest BCUT2D eigenvalue weighted by molar-refractivity contribution is 6.34. The van der Waals surface area contributed by atoms with Gasteiger partial charge < -0.3 is 4.90 Å². The Kier molecular flexibility index (Phi) is 3.68. The fraction of sp³-hybridized carbons (Fsp3) is 0.800. The van der Waals surface area contributed by atoms with Gasteiger partial charge >= 0.3 is 11.8 Å². The number of nitrogens with two attached hydrogens (primary N) is 1. The lowest BCUT2D eigenvalue weighted by atomic mass is 9.85. The molecular formula is C10H19N3O2. The highest BCUT2D eigenvalue weighted by atomic mass is 16.2.